The predicted molar refractivity (Wildman–Crippen MR) is 116 cm³/mol. The van der Waals surface area contributed by atoms with Gasteiger partial charge in [-0.25, -0.2) is 9.59 Å². The number of nitrogens with one attached hydrogen (secondary N) is 2. The molecule has 2 aromatic carbocycles. The average molecular weight is 442 g/mol. The van der Waals surface area contributed by atoms with Crippen molar-refractivity contribution in [3.05, 3.63) is 65.7 Å². The lowest BCUT2D eigenvalue weighted by molar-refractivity contribution is -0.156. The normalized spacial score (nSPS) is 11.7. The van der Waals surface area contributed by atoms with E-state index in [0.717, 1.165) is 5.56 Å². The molecule has 2 amide bonds. The van der Waals surface area contributed by atoms with Crippen LogP contribution in [0.2, 0.25) is 0 Å². The Bertz CT molecular complexity index is 968. The van der Waals surface area contributed by atoms with Crippen LogP contribution in [-0.2, 0) is 25.7 Å². The Hall–Kier alpha value is -3.88. The molecule has 9 heteroatoms. The Morgan fingerprint density at radius 1 is 0.969 bits per heavy atom. The van der Waals surface area contributed by atoms with Gasteiger partial charge in [-0.2, -0.15) is 0 Å². The summed E-state index contributed by atoms with van der Waals surface area (Å²) in [6.07, 6.45) is -1.39. The van der Waals surface area contributed by atoms with E-state index in [0.29, 0.717) is 0 Å². The molecule has 170 valence electrons. The van der Waals surface area contributed by atoms with Crippen molar-refractivity contribution >= 4 is 29.6 Å². The molecule has 0 aliphatic rings. The van der Waals surface area contributed by atoms with Crippen LogP contribution < -0.4 is 10.6 Å². The van der Waals surface area contributed by atoms with Gasteiger partial charge in [0.25, 0.3) is 0 Å². The summed E-state index contributed by atoms with van der Waals surface area (Å²) >= 11 is 0. The van der Waals surface area contributed by atoms with Gasteiger partial charge in [0, 0.05) is 0 Å². The van der Waals surface area contributed by atoms with Crippen molar-refractivity contribution in [3.63, 3.8) is 0 Å². The number of carbonyl (C=O) groups excluding carboxylic acids is 3. The molecule has 0 bridgehead atoms. The van der Waals surface area contributed by atoms with E-state index in [9.17, 15) is 24.3 Å². The molecule has 9 nitrogen and oxygen atoms in total. The van der Waals surface area contributed by atoms with E-state index in [4.69, 9.17) is 9.47 Å². The SMILES string of the molecule is CC(C)(C)OC(=O)C[C@H](NC(=O)OCc1ccccc1)C(=O)Nc1ccccc1C(=O)O. The van der Waals surface area contributed by atoms with E-state index in [1.807, 2.05) is 6.07 Å². The average Bonchev–Trinajstić information content (AvgIpc) is 2.71. The van der Waals surface area contributed by atoms with Gasteiger partial charge in [0.05, 0.1) is 17.7 Å². The van der Waals surface area contributed by atoms with Crippen LogP contribution in [0, 0.1) is 0 Å². The Balaban J connectivity index is 2.12. The molecule has 1 atom stereocenters. The number of esters is 1. The van der Waals surface area contributed by atoms with Gasteiger partial charge in [0.1, 0.15) is 18.2 Å². The molecule has 0 aliphatic carbocycles. The fourth-order valence-electron chi connectivity index (χ4n) is 2.66. The summed E-state index contributed by atoms with van der Waals surface area (Å²) in [5.41, 5.74) is -0.157. The summed E-state index contributed by atoms with van der Waals surface area (Å²) < 4.78 is 10.4. The maximum Gasteiger partial charge on any atom is 0.408 e. The van der Waals surface area contributed by atoms with Crippen LogP contribution in [0.4, 0.5) is 10.5 Å². The zero-order valence-electron chi connectivity index (χ0n) is 18.1. The van der Waals surface area contributed by atoms with Gasteiger partial charge in [-0.05, 0) is 38.5 Å². The zero-order chi connectivity index (χ0) is 23.7. The van der Waals surface area contributed by atoms with E-state index in [1.165, 1.54) is 18.2 Å². The third-order valence-electron chi connectivity index (χ3n) is 4.03. The van der Waals surface area contributed by atoms with E-state index in [-0.39, 0.29) is 17.9 Å². The second kappa shape index (κ2) is 10.9. The minimum absolute atomic E-state index is 0.0265. The lowest BCUT2D eigenvalue weighted by Crippen LogP contribution is -2.46. The number of hydrogen-bond acceptors (Lipinski definition) is 6. The molecule has 0 aromatic heterocycles. The van der Waals surface area contributed by atoms with Crippen molar-refractivity contribution in [1.29, 1.82) is 0 Å². The number of amides is 2. The lowest BCUT2D eigenvalue weighted by atomic mass is 10.1. The third-order valence-corrected chi connectivity index (χ3v) is 4.03. The fraction of sp³-hybridized carbons (Fsp3) is 0.304. The first kappa shape index (κ1) is 24.4. The Kier molecular flexibility index (Phi) is 8.34. The number of rotatable bonds is 8. The van der Waals surface area contributed by atoms with Crippen molar-refractivity contribution in [2.24, 2.45) is 0 Å². The minimum Gasteiger partial charge on any atom is -0.478 e. The minimum atomic E-state index is -1.35. The molecule has 3 N–H and O–H groups in total. The highest BCUT2D eigenvalue weighted by atomic mass is 16.6. The largest absolute Gasteiger partial charge is 0.478 e. The van der Waals surface area contributed by atoms with Crippen LogP contribution in [0.25, 0.3) is 0 Å². The van der Waals surface area contributed by atoms with Gasteiger partial charge in [0.15, 0.2) is 0 Å². The highest BCUT2D eigenvalue weighted by molar-refractivity contribution is 6.03. The summed E-state index contributed by atoms with van der Waals surface area (Å²) in [4.78, 5) is 48.7. The van der Waals surface area contributed by atoms with Crippen LogP contribution in [0.15, 0.2) is 54.6 Å². The van der Waals surface area contributed by atoms with Gasteiger partial charge in [-0.15, -0.1) is 0 Å². The van der Waals surface area contributed by atoms with Crippen LogP contribution in [-0.4, -0.2) is 40.7 Å². The maximum atomic E-state index is 12.8. The second-order valence-corrected chi connectivity index (χ2v) is 7.89. The first-order valence-corrected chi connectivity index (χ1v) is 9.87. The highest BCUT2D eigenvalue weighted by Crippen LogP contribution is 2.16. The molecular weight excluding hydrogens is 416 g/mol. The van der Waals surface area contributed by atoms with E-state index in [2.05, 4.69) is 10.6 Å². The van der Waals surface area contributed by atoms with Crippen molar-refractivity contribution in [2.45, 2.75) is 45.4 Å². The first-order valence-electron chi connectivity index (χ1n) is 9.87. The summed E-state index contributed by atoms with van der Waals surface area (Å²) in [6, 6.07) is 13.4. The number of carboxylic acid groups (broad SMARTS) is 1. The summed E-state index contributed by atoms with van der Waals surface area (Å²) in [7, 11) is 0. The highest BCUT2D eigenvalue weighted by Gasteiger charge is 2.28. The molecular formula is C23H26N2O7. The monoisotopic (exact) mass is 442 g/mol. The number of alkyl carbamates (subject to hydrolysis) is 1. The predicted octanol–water partition coefficient (Wildman–Crippen LogP) is 3.35. The summed E-state index contributed by atoms with van der Waals surface area (Å²) in [6.45, 7) is 4.98. The van der Waals surface area contributed by atoms with E-state index < -0.39 is 42.0 Å². The lowest BCUT2D eigenvalue weighted by Gasteiger charge is -2.22. The van der Waals surface area contributed by atoms with E-state index in [1.54, 1.807) is 51.1 Å². The number of ether oxygens (including phenoxy) is 2. The molecule has 0 saturated heterocycles. The molecule has 32 heavy (non-hydrogen) atoms. The summed E-state index contributed by atoms with van der Waals surface area (Å²) in [5, 5.41) is 14.1. The standard InChI is InChI=1S/C23H26N2O7/c1-23(2,3)32-19(26)13-18(25-22(30)31-14-15-9-5-4-6-10-15)20(27)24-17-12-8-7-11-16(17)21(28)29/h4-12,18H,13-14H2,1-3H3,(H,24,27)(H,25,30)(H,28,29)/t18-/m0/s1. The number of hydrogen-bond donors (Lipinski definition) is 3. The molecule has 0 spiro atoms. The van der Waals surface area contributed by atoms with Gasteiger partial charge in [-0.3, -0.25) is 9.59 Å². The molecule has 0 aliphatic heterocycles. The fourth-order valence-corrected chi connectivity index (χ4v) is 2.66. The number of para-hydroxylation sites is 1. The molecule has 2 rings (SSSR count). The third kappa shape index (κ3) is 8.10. The molecule has 2 aromatic rings. The molecule has 0 saturated carbocycles. The van der Waals surface area contributed by atoms with Crippen LogP contribution in [0.5, 0.6) is 0 Å². The number of carbonyl (C=O) groups is 4. The number of benzene rings is 2. The first-order chi connectivity index (χ1) is 15.0. The van der Waals surface area contributed by atoms with Crippen LogP contribution in [0.1, 0.15) is 43.1 Å². The van der Waals surface area contributed by atoms with Crippen LogP contribution >= 0.6 is 0 Å². The van der Waals surface area contributed by atoms with Crippen molar-refractivity contribution in [2.75, 3.05) is 5.32 Å². The van der Waals surface area contributed by atoms with Crippen molar-refractivity contribution < 1.29 is 33.8 Å². The zero-order valence-corrected chi connectivity index (χ0v) is 18.1. The van der Waals surface area contributed by atoms with Crippen molar-refractivity contribution in [3.8, 4) is 0 Å². The maximum absolute atomic E-state index is 12.8. The Labute approximate surface area is 185 Å². The smallest absolute Gasteiger partial charge is 0.408 e. The second-order valence-electron chi connectivity index (χ2n) is 7.89. The van der Waals surface area contributed by atoms with E-state index >= 15 is 0 Å². The van der Waals surface area contributed by atoms with Crippen LogP contribution in [0.3, 0.4) is 0 Å². The Morgan fingerprint density at radius 3 is 2.22 bits per heavy atom. The molecule has 0 fully saturated rings. The number of carboxylic acids is 1. The quantitative estimate of drug-likeness (QED) is 0.534. The number of anilines is 1. The van der Waals surface area contributed by atoms with Gasteiger partial charge in [-0.1, -0.05) is 42.5 Å². The topological polar surface area (TPSA) is 131 Å². The molecule has 0 unspecified atom stereocenters. The van der Waals surface area contributed by atoms with Gasteiger partial charge in [0.2, 0.25) is 5.91 Å². The Morgan fingerprint density at radius 2 is 1.59 bits per heavy atom. The number of aromatic carboxylic acids is 1. The molecule has 0 heterocycles. The van der Waals surface area contributed by atoms with Gasteiger partial charge >= 0.3 is 18.0 Å². The van der Waals surface area contributed by atoms with Gasteiger partial charge < -0.3 is 25.2 Å². The summed E-state index contributed by atoms with van der Waals surface area (Å²) in [5.74, 6) is -2.74. The van der Waals surface area contributed by atoms with Crippen molar-refractivity contribution in [1.82, 2.24) is 5.32 Å². The molecule has 0 radical (unpaired) electrons.